The highest BCUT2D eigenvalue weighted by molar-refractivity contribution is 7.03. The molecule has 5 aliphatic rings. The summed E-state index contributed by atoms with van der Waals surface area (Å²) in [5, 5.41) is 1.14. The zero-order valence-electron chi connectivity index (χ0n) is 35.7. The highest BCUT2D eigenvalue weighted by Crippen LogP contribution is 2.55. The van der Waals surface area contributed by atoms with Crippen molar-refractivity contribution >= 4 is 80.5 Å². The number of furan rings is 1. The van der Waals surface area contributed by atoms with E-state index in [9.17, 15) is 0 Å². The van der Waals surface area contributed by atoms with Gasteiger partial charge in [-0.1, -0.05) is 152 Å². The molecule has 7 aromatic carbocycles. The highest BCUT2D eigenvalue weighted by atomic mass is 16.3. The van der Waals surface area contributed by atoms with E-state index in [2.05, 4.69) is 199 Å². The maximum absolute atomic E-state index is 7.24. The van der Waals surface area contributed by atoms with Crippen molar-refractivity contribution in [3.05, 3.63) is 156 Å². The maximum Gasteiger partial charge on any atom is 0.329 e. The Labute approximate surface area is 353 Å². The van der Waals surface area contributed by atoms with Gasteiger partial charge in [0.25, 0.3) is 6.71 Å². The van der Waals surface area contributed by atoms with Gasteiger partial charge in [-0.3, -0.25) is 0 Å². The van der Waals surface area contributed by atoms with Gasteiger partial charge in [-0.2, -0.15) is 0 Å². The van der Waals surface area contributed by atoms with Gasteiger partial charge in [-0.05, 0) is 114 Å². The van der Waals surface area contributed by atoms with Crippen molar-refractivity contribution in [1.82, 2.24) is 0 Å². The van der Waals surface area contributed by atoms with Crippen LogP contribution in [0.15, 0.2) is 138 Å². The molecular formula is C55H46B2N2O. The third-order valence-electron chi connectivity index (χ3n) is 14.7. The van der Waals surface area contributed by atoms with E-state index < -0.39 is 0 Å². The van der Waals surface area contributed by atoms with E-state index in [0.717, 1.165) is 28.0 Å². The Balaban J connectivity index is 1.22. The molecule has 3 nitrogen and oxygen atoms in total. The van der Waals surface area contributed by atoms with Crippen LogP contribution in [0.4, 0.5) is 28.4 Å². The maximum atomic E-state index is 7.24. The molecule has 0 N–H and O–H groups in total. The minimum atomic E-state index is -0.119. The number of para-hydroxylation sites is 2. The summed E-state index contributed by atoms with van der Waals surface area (Å²) in [6.07, 6.45) is 0. The Bertz CT molecular complexity index is 3230. The monoisotopic (exact) mass is 772 g/mol. The highest BCUT2D eigenvalue weighted by Gasteiger charge is 2.54. The Kier molecular flexibility index (Phi) is 6.43. The van der Waals surface area contributed by atoms with Crippen molar-refractivity contribution in [1.29, 1.82) is 0 Å². The van der Waals surface area contributed by atoms with Gasteiger partial charge in [0.05, 0.1) is 11.3 Å². The summed E-state index contributed by atoms with van der Waals surface area (Å²) >= 11 is 0. The molecule has 0 fully saturated rings. The van der Waals surface area contributed by atoms with E-state index in [1.165, 1.54) is 94.5 Å². The molecule has 1 aromatic heterocycles. The van der Waals surface area contributed by atoms with Gasteiger partial charge in [0, 0.05) is 44.7 Å². The molecule has 5 heterocycles. The Hall–Kier alpha value is -6.19. The van der Waals surface area contributed by atoms with Gasteiger partial charge in [-0.15, -0.1) is 0 Å². The van der Waals surface area contributed by atoms with E-state index in [-0.39, 0.29) is 29.8 Å². The van der Waals surface area contributed by atoms with Gasteiger partial charge in [0.15, 0.2) is 0 Å². The first-order valence-corrected chi connectivity index (χ1v) is 21.8. The number of anilines is 5. The summed E-state index contributed by atoms with van der Waals surface area (Å²) in [6, 6.07) is 51.1. The zero-order valence-corrected chi connectivity index (χ0v) is 35.7. The lowest BCUT2D eigenvalue weighted by atomic mass is 9.31. The van der Waals surface area contributed by atoms with Crippen LogP contribution in [0, 0.1) is 0 Å². The molecule has 288 valence electrons. The van der Waals surface area contributed by atoms with Crippen LogP contribution in [-0.2, 0) is 16.2 Å². The number of hydrogen-bond donors (Lipinski definition) is 0. The summed E-state index contributed by atoms with van der Waals surface area (Å²) in [5.41, 5.74) is 26.9. The smallest absolute Gasteiger partial charge is 0.329 e. The molecule has 8 aromatic rings. The summed E-state index contributed by atoms with van der Waals surface area (Å²) < 4.78 is 7.24. The lowest BCUT2D eigenvalue weighted by molar-refractivity contribution is 0.590. The summed E-state index contributed by atoms with van der Waals surface area (Å²) in [4.78, 5) is 5.28. The fourth-order valence-corrected chi connectivity index (χ4v) is 11.7. The molecular weight excluding hydrogens is 726 g/mol. The topological polar surface area (TPSA) is 19.6 Å². The molecule has 5 heteroatoms. The van der Waals surface area contributed by atoms with Gasteiger partial charge >= 0.3 is 6.85 Å². The molecule has 4 aliphatic heterocycles. The number of rotatable bonds is 1. The summed E-state index contributed by atoms with van der Waals surface area (Å²) in [7, 11) is 0. The average Bonchev–Trinajstić information content (AvgIpc) is 3.72. The average molecular weight is 773 g/mol. The first-order chi connectivity index (χ1) is 28.8. The van der Waals surface area contributed by atoms with E-state index >= 15 is 0 Å². The Morgan fingerprint density at radius 3 is 2.02 bits per heavy atom. The van der Waals surface area contributed by atoms with E-state index in [1.54, 1.807) is 0 Å². The standard InChI is InChI=1S/C55H46B2N2O/c1-53(2,3)31-22-23-35-36-24-25-46-48-50(36)59-49-40(39-29-42-38(30-44(39)57(59)43(35)27-31)34-18-12-14-20-41(34)55(42,7)8)26-32(54(4,5)6)28-45(49)56(48)52-51(37-19-13-15-21-47(37)60-52)58(46)33-16-10-9-11-17-33/h9-30H,1-8H3. The Morgan fingerprint density at radius 2 is 1.22 bits per heavy atom. The van der Waals surface area contributed by atoms with Gasteiger partial charge in [0.2, 0.25) is 0 Å². The number of benzene rings is 7. The molecule has 0 radical (unpaired) electrons. The largest absolute Gasteiger partial charge is 0.468 e. The number of hydrogen-bond acceptors (Lipinski definition) is 3. The lowest BCUT2D eigenvalue weighted by Gasteiger charge is -2.51. The van der Waals surface area contributed by atoms with Crippen LogP contribution < -0.4 is 37.2 Å². The fraction of sp³-hybridized carbons (Fsp3) is 0.200. The quantitative estimate of drug-likeness (QED) is 0.155. The minimum absolute atomic E-state index is 0.00486. The lowest BCUT2D eigenvalue weighted by Crippen LogP contribution is -2.69. The van der Waals surface area contributed by atoms with Crippen molar-refractivity contribution in [2.24, 2.45) is 0 Å². The minimum Gasteiger partial charge on any atom is -0.468 e. The SMILES string of the molecule is CC(C)(C)c1ccc2c(c1)B1c3cc4c(cc3-c3cc(C(C)(C)C)cc5c3N1c1c-2ccc2c1B5c1oc3ccccc3c1N2c1ccccc1)C(C)(C)c1ccccc1-4. The predicted molar refractivity (Wildman–Crippen MR) is 255 cm³/mol. The van der Waals surface area contributed by atoms with E-state index in [1.807, 2.05) is 0 Å². The van der Waals surface area contributed by atoms with Crippen molar-refractivity contribution in [3.63, 3.8) is 0 Å². The van der Waals surface area contributed by atoms with Crippen molar-refractivity contribution in [2.75, 3.05) is 9.71 Å². The van der Waals surface area contributed by atoms with Crippen LogP contribution in [-0.4, -0.2) is 13.6 Å². The van der Waals surface area contributed by atoms with E-state index in [4.69, 9.17) is 4.42 Å². The molecule has 1 aliphatic carbocycles. The Morgan fingerprint density at radius 1 is 0.517 bits per heavy atom. The van der Waals surface area contributed by atoms with E-state index in [0.29, 0.717) is 0 Å². The van der Waals surface area contributed by atoms with Crippen molar-refractivity contribution in [2.45, 2.75) is 71.6 Å². The zero-order chi connectivity index (χ0) is 40.8. The molecule has 0 saturated heterocycles. The van der Waals surface area contributed by atoms with Crippen LogP contribution in [0.2, 0.25) is 0 Å². The van der Waals surface area contributed by atoms with Gasteiger partial charge in [-0.25, -0.2) is 0 Å². The second-order valence-corrected chi connectivity index (χ2v) is 20.5. The molecule has 0 spiro atoms. The molecule has 60 heavy (non-hydrogen) atoms. The van der Waals surface area contributed by atoms with Crippen LogP contribution in [0.1, 0.15) is 77.6 Å². The predicted octanol–water partition coefficient (Wildman–Crippen LogP) is 10.9. The van der Waals surface area contributed by atoms with Gasteiger partial charge < -0.3 is 14.1 Å². The second kappa shape index (κ2) is 11.1. The van der Waals surface area contributed by atoms with Gasteiger partial charge in [0.1, 0.15) is 5.58 Å². The van der Waals surface area contributed by atoms with Crippen LogP contribution in [0.3, 0.4) is 0 Å². The summed E-state index contributed by atoms with van der Waals surface area (Å²) in [5.74, 6) is 0. The molecule has 0 amide bonds. The first kappa shape index (κ1) is 34.7. The fourth-order valence-electron chi connectivity index (χ4n) is 11.7. The molecule has 0 saturated carbocycles. The molecule has 13 rings (SSSR count). The van der Waals surface area contributed by atoms with Crippen molar-refractivity contribution < 1.29 is 4.42 Å². The number of nitrogens with zero attached hydrogens (tertiary/aromatic N) is 2. The van der Waals surface area contributed by atoms with Crippen LogP contribution in [0.25, 0.3) is 44.3 Å². The second-order valence-electron chi connectivity index (χ2n) is 20.5. The third-order valence-corrected chi connectivity index (χ3v) is 14.7. The van der Waals surface area contributed by atoms with Crippen molar-refractivity contribution in [3.8, 4) is 33.4 Å². The molecule has 0 atom stereocenters. The van der Waals surface area contributed by atoms with Crippen LogP contribution in [0.5, 0.6) is 0 Å². The molecule has 0 bridgehead atoms. The first-order valence-electron chi connectivity index (χ1n) is 21.8. The molecule has 0 unspecified atom stereocenters. The summed E-state index contributed by atoms with van der Waals surface area (Å²) in [6.45, 7) is 18.9. The normalized spacial score (nSPS) is 15.7. The third kappa shape index (κ3) is 4.23. The van der Waals surface area contributed by atoms with Crippen LogP contribution >= 0.6 is 0 Å². The number of fused-ring (bicyclic) bond motifs is 14.